The highest BCUT2D eigenvalue weighted by Gasteiger charge is 2.58. The number of ether oxygens (including phenoxy) is 5. The number of methoxy groups -OCH3 is 2. The Balaban J connectivity index is 2.16. The fourth-order valence-electron chi connectivity index (χ4n) is 2.26. The van der Waals surface area contributed by atoms with Crippen LogP contribution in [0.4, 0.5) is 0 Å². The van der Waals surface area contributed by atoms with Gasteiger partial charge in [0.2, 0.25) is 0 Å². The number of hydrogen-bond acceptors (Lipinski definition) is 6. The largest absolute Gasteiger partial charge is 0.468 e. The van der Waals surface area contributed by atoms with E-state index >= 15 is 0 Å². The van der Waals surface area contributed by atoms with Gasteiger partial charge in [-0.15, -0.1) is 0 Å². The average Bonchev–Trinajstić information content (AvgIpc) is 2.80. The second kappa shape index (κ2) is 5.05. The van der Waals surface area contributed by atoms with Gasteiger partial charge in [0.05, 0.1) is 7.11 Å². The van der Waals surface area contributed by atoms with Crippen molar-refractivity contribution in [2.75, 3.05) is 14.2 Å². The van der Waals surface area contributed by atoms with Gasteiger partial charge in [0, 0.05) is 7.11 Å². The quantitative estimate of drug-likeness (QED) is 0.565. The average molecular weight is 325 g/mol. The van der Waals surface area contributed by atoms with Gasteiger partial charge in [0.1, 0.15) is 23.1 Å². The van der Waals surface area contributed by atoms with Gasteiger partial charge in [-0.3, -0.25) is 4.79 Å². The minimum atomic E-state index is -0.711. The first kappa shape index (κ1) is 14.2. The van der Waals surface area contributed by atoms with Crippen LogP contribution in [0.3, 0.4) is 0 Å². The summed E-state index contributed by atoms with van der Waals surface area (Å²) in [5, 5.41) is 0. The van der Waals surface area contributed by atoms with Crippen LogP contribution < -0.4 is 0 Å². The summed E-state index contributed by atoms with van der Waals surface area (Å²) < 4.78 is 27.0. The second-order valence-electron chi connectivity index (χ2n) is 4.69. The number of carbonyl (C=O) groups excluding carboxylic acids is 1. The number of carbonyl (C=O) groups is 1. The zero-order chi connectivity index (χ0) is 13.5. The maximum absolute atomic E-state index is 11.6. The van der Waals surface area contributed by atoms with Gasteiger partial charge in [-0.25, -0.2) is 0 Å². The smallest absolute Gasteiger partial charge is 0.322 e. The third-order valence-electron chi connectivity index (χ3n) is 2.99. The molecule has 6 nitrogen and oxygen atoms in total. The third-order valence-corrected chi connectivity index (χ3v) is 3.89. The van der Waals surface area contributed by atoms with Crippen molar-refractivity contribution in [3.05, 3.63) is 0 Å². The zero-order valence-corrected chi connectivity index (χ0v) is 12.3. The Hall–Kier alpha value is -0.210. The van der Waals surface area contributed by atoms with Crippen molar-refractivity contribution in [2.24, 2.45) is 0 Å². The molecular weight excluding hydrogens is 308 g/mol. The van der Waals surface area contributed by atoms with E-state index in [0.717, 1.165) is 0 Å². The summed E-state index contributed by atoms with van der Waals surface area (Å²) in [4.78, 5) is 10.9. The van der Waals surface area contributed by atoms with Gasteiger partial charge < -0.3 is 23.7 Å². The van der Waals surface area contributed by atoms with E-state index in [1.807, 2.05) is 13.8 Å². The van der Waals surface area contributed by atoms with E-state index in [1.165, 1.54) is 14.2 Å². The molecule has 0 bridgehead atoms. The van der Waals surface area contributed by atoms with Gasteiger partial charge in [-0.2, -0.15) is 0 Å². The summed E-state index contributed by atoms with van der Waals surface area (Å²) >= 11 is 3.27. The molecular formula is C11H17BrO6. The second-order valence-corrected chi connectivity index (χ2v) is 5.68. The van der Waals surface area contributed by atoms with E-state index in [4.69, 9.17) is 23.7 Å². The summed E-state index contributed by atoms with van der Waals surface area (Å²) in [6, 6.07) is 0. The lowest BCUT2D eigenvalue weighted by atomic mass is 10.1. The van der Waals surface area contributed by atoms with Crippen LogP contribution in [0.25, 0.3) is 0 Å². The van der Waals surface area contributed by atoms with Crippen LogP contribution in [-0.2, 0) is 28.5 Å². The number of hydrogen-bond donors (Lipinski definition) is 0. The molecule has 2 rings (SSSR count). The number of esters is 1. The Kier molecular flexibility index (Phi) is 3.99. The topological polar surface area (TPSA) is 63.2 Å². The fourth-order valence-corrected chi connectivity index (χ4v) is 2.88. The van der Waals surface area contributed by atoms with Crippen molar-refractivity contribution < 1.29 is 28.5 Å². The van der Waals surface area contributed by atoms with E-state index in [0.29, 0.717) is 0 Å². The molecule has 5 atom stereocenters. The van der Waals surface area contributed by atoms with Gasteiger partial charge in [-0.1, -0.05) is 15.9 Å². The van der Waals surface area contributed by atoms with E-state index in [2.05, 4.69) is 15.9 Å². The molecule has 2 fully saturated rings. The molecule has 2 heterocycles. The molecule has 2 saturated heterocycles. The number of rotatable bonds is 3. The molecule has 18 heavy (non-hydrogen) atoms. The molecule has 0 radical (unpaired) electrons. The van der Waals surface area contributed by atoms with Crippen LogP contribution in [0.15, 0.2) is 0 Å². The lowest BCUT2D eigenvalue weighted by molar-refractivity contribution is -0.227. The van der Waals surface area contributed by atoms with Crippen molar-refractivity contribution in [3.8, 4) is 0 Å². The number of halogens is 1. The molecule has 0 aromatic carbocycles. The van der Waals surface area contributed by atoms with E-state index < -0.39 is 29.0 Å². The van der Waals surface area contributed by atoms with Crippen molar-refractivity contribution in [1.29, 1.82) is 0 Å². The lowest BCUT2D eigenvalue weighted by Gasteiger charge is -2.24. The summed E-state index contributed by atoms with van der Waals surface area (Å²) in [6.07, 6.45) is -1.77. The minimum Gasteiger partial charge on any atom is -0.468 e. The molecule has 104 valence electrons. The molecule has 0 aliphatic carbocycles. The fraction of sp³-hybridized carbons (Fsp3) is 0.909. The standard InChI is InChI=1S/C11H17BrO6/c1-11(2)17-7-6(5(12)9(13)14-3)16-10(15-4)8(7)18-11/h5-8,10H,1-4H3/t5-,6+,7+,8+,10+/m0/s1. The van der Waals surface area contributed by atoms with E-state index in [-0.39, 0.29) is 12.2 Å². The highest BCUT2D eigenvalue weighted by Crippen LogP contribution is 2.41. The maximum Gasteiger partial charge on any atom is 0.322 e. The van der Waals surface area contributed by atoms with Crippen LogP contribution in [0.1, 0.15) is 13.8 Å². The van der Waals surface area contributed by atoms with E-state index in [1.54, 1.807) is 0 Å². The van der Waals surface area contributed by atoms with Crippen LogP contribution in [0.5, 0.6) is 0 Å². The highest BCUT2D eigenvalue weighted by atomic mass is 79.9. The third kappa shape index (κ3) is 2.42. The Morgan fingerprint density at radius 1 is 1.28 bits per heavy atom. The zero-order valence-electron chi connectivity index (χ0n) is 10.7. The molecule has 0 unspecified atom stereocenters. The number of fused-ring (bicyclic) bond motifs is 1. The first-order chi connectivity index (χ1) is 8.39. The molecule has 7 heteroatoms. The molecule has 2 aliphatic heterocycles. The van der Waals surface area contributed by atoms with E-state index in [9.17, 15) is 4.79 Å². The molecule has 2 aliphatic rings. The monoisotopic (exact) mass is 324 g/mol. The Morgan fingerprint density at radius 3 is 2.44 bits per heavy atom. The summed E-state index contributed by atoms with van der Waals surface area (Å²) in [5.74, 6) is -1.12. The first-order valence-electron chi connectivity index (χ1n) is 5.65. The first-order valence-corrected chi connectivity index (χ1v) is 6.57. The van der Waals surface area contributed by atoms with Gasteiger partial charge in [0.15, 0.2) is 12.1 Å². The molecule has 0 saturated carbocycles. The molecule has 0 spiro atoms. The molecule has 0 aromatic heterocycles. The molecule has 0 aromatic rings. The summed E-state index contributed by atoms with van der Waals surface area (Å²) in [7, 11) is 2.85. The van der Waals surface area contributed by atoms with Gasteiger partial charge in [-0.05, 0) is 13.8 Å². The van der Waals surface area contributed by atoms with Crippen LogP contribution in [0.2, 0.25) is 0 Å². The Labute approximate surface area is 114 Å². The normalized spacial score (nSPS) is 39.4. The predicted octanol–water partition coefficient (Wildman–Crippen LogP) is 0.814. The van der Waals surface area contributed by atoms with Crippen LogP contribution in [0, 0.1) is 0 Å². The van der Waals surface area contributed by atoms with Gasteiger partial charge >= 0.3 is 5.97 Å². The van der Waals surface area contributed by atoms with Crippen molar-refractivity contribution in [2.45, 2.75) is 49.1 Å². The number of alkyl halides is 1. The highest BCUT2D eigenvalue weighted by molar-refractivity contribution is 9.10. The van der Waals surface area contributed by atoms with Crippen molar-refractivity contribution >= 4 is 21.9 Å². The maximum atomic E-state index is 11.6. The van der Waals surface area contributed by atoms with Crippen LogP contribution >= 0.6 is 15.9 Å². The molecule has 0 N–H and O–H groups in total. The Bertz CT molecular complexity index is 333. The Morgan fingerprint density at radius 2 is 1.89 bits per heavy atom. The van der Waals surface area contributed by atoms with Crippen LogP contribution in [-0.4, -0.2) is 55.4 Å². The molecule has 0 amide bonds. The summed E-state index contributed by atoms with van der Waals surface area (Å²) in [5.41, 5.74) is 0. The minimum absolute atomic E-state index is 0.347. The lowest BCUT2D eigenvalue weighted by Crippen LogP contribution is -2.40. The van der Waals surface area contributed by atoms with Gasteiger partial charge in [0.25, 0.3) is 0 Å². The SMILES string of the molecule is COC(=O)[C@@H](Br)[C@H]1O[C@@H](OC)[C@@H]2OC(C)(C)O[C@@H]21. The predicted molar refractivity (Wildman–Crippen MR) is 64.2 cm³/mol. The van der Waals surface area contributed by atoms with Crippen molar-refractivity contribution in [3.63, 3.8) is 0 Å². The summed E-state index contributed by atoms with van der Waals surface area (Å²) in [6.45, 7) is 3.63. The van der Waals surface area contributed by atoms with Crippen molar-refractivity contribution in [1.82, 2.24) is 0 Å².